The summed E-state index contributed by atoms with van der Waals surface area (Å²) in [5.41, 5.74) is 2.56. The number of aromatic carboxylic acids is 1. The van der Waals surface area contributed by atoms with Crippen LogP contribution in [0.15, 0.2) is 42.6 Å². The number of carboxylic acid groups (broad SMARTS) is 1. The lowest BCUT2D eigenvalue weighted by molar-refractivity contribution is 0.0697. The molecule has 1 N–H and O–H groups in total. The molecular formula is C19H20N4O2. The van der Waals surface area contributed by atoms with Crippen LogP contribution in [0.4, 0.5) is 0 Å². The Balaban J connectivity index is 1.85. The number of carboxylic acids is 1. The summed E-state index contributed by atoms with van der Waals surface area (Å²) in [5.74, 6) is 0.742. The van der Waals surface area contributed by atoms with Crippen molar-refractivity contribution in [1.82, 2.24) is 19.7 Å². The number of nitrogens with zero attached hydrogens (tertiary/aromatic N) is 4. The second kappa shape index (κ2) is 7.25. The molecule has 0 saturated carbocycles. The number of hydrogen-bond acceptors (Lipinski definition) is 4. The number of aryl methyl sites for hydroxylation is 2. The molecule has 1 aromatic carbocycles. The van der Waals surface area contributed by atoms with Crippen LogP contribution in [0.25, 0.3) is 11.3 Å². The molecule has 0 spiro atoms. The summed E-state index contributed by atoms with van der Waals surface area (Å²) in [7, 11) is 0. The van der Waals surface area contributed by atoms with E-state index in [4.69, 9.17) is 0 Å². The molecule has 0 saturated heterocycles. The first kappa shape index (κ1) is 16.8. The van der Waals surface area contributed by atoms with Crippen molar-refractivity contribution in [2.75, 3.05) is 0 Å². The van der Waals surface area contributed by atoms with E-state index in [1.165, 1.54) is 0 Å². The van der Waals surface area contributed by atoms with Gasteiger partial charge >= 0.3 is 5.97 Å². The molecule has 3 aromatic rings. The maximum absolute atomic E-state index is 11.3. The molecule has 0 aliphatic rings. The first-order valence-electron chi connectivity index (χ1n) is 8.26. The van der Waals surface area contributed by atoms with Crippen molar-refractivity contribution in [3.63, 3.8) is 0 Å². The lowest BCUT2D eigenvalue weighted by Crippen LogP contribution is -2.06. The van der Waals surface area contributed by atoms with Crippen LogP contribution in [0.3, 0.4) is 0 Å². The third-order valence-electron chi connectivity index (χ3n) is 3.92. The maximum atomic E-state index is 11.3. The third kappa shape index (κ3) is 3.74. The molecule has 25 heavy (non-hydrogen) atoms. The van der Waals surface area contributed by atoms with Gasteiger partial charge < -0.3 is 5.11 Å². The van der Waals surface area contributed by atoms with E-state index < -0.39 is 5.97 Å². The van der Waals surface area contributed by atoms with Crippen molar-refractivity contribution < 1.29 is 9.90 Å². The zero-order valence-electron chi connectivity index (χ0n) is 14.3. The highest BCUT2D eigenvalue weighted by Crippen LogP contribution is 2.22. The Hall–Kier alpha value is -3.02. The van der Waals surface area contributed by atoms with Crippen LogP contribution in [-0.2, 0) is 13.0 Å². The molecule has 0 aliphatic heterocycles. The molecule has 128 valence electrons. The summed E-state index contributed by atoms with van der Waals surface area (Å²) in [6.07, 6.45) is 3.30. The minimum Gasteiger partial charge on any atom is -0.478 e. The summed E-state index contributed by atoms with van der Waals surface area (Å²) in [4.78, 5) is 20.1. The first-order chi connectivity index (χ1) is 12.1. The molecule has 2 aromatic heterocycles. The van der Waals surface area contributed by atoms with Crippen molar-refractivity contribution in [2.45, 2.75) is 33.2 Å². The van der Waals surface area contributed by atoms with Crippen molar-refractivity contribution in [1.29, 1.82) is 0 Å². The molecule has 6 nitrogen and oxygen atoms in total. The average molecular weight is 336 g/mol. The highest BCUT2D eigenvalue weighted by Gasteiger charge is 2.13. The summed E-state index contributed by atoms with van der Waals surface area (Å²) in [5, 5.41) is 13.7. The van der Waals surface area contributed by atoms with Crippen LogP contribution >= 0.6 is 0 Å². The molecule has 2 heterocycles. The van der Waals surface area contributed by atoms with Crippen LogP contribution in [0.1, 0.15) is 40.9 Å². The van der Waals surface area contributed by atoms with Gasteiger partial charge in [-0.05, 0) is 31.0 Å². The fraction of sp³-hybridized carbons (Fsp3) is 0.263. The van der Waals surface area contributed by atoms with E-state index >= 15 is 0 Å². The minimum atomic E-state index is -0.977. The van der Waals surface area contributed by atoms with Gasteiger partial charge in [0.1, 0.15) is 11.6 Å². The highest BCUT2D eigenvalue weighted by atomic mass is 16.4. The van der Waals surface area contributed by atoms with Gasteiger partial charge in [0, 0.05) is 24.7 Å². The van der Waals surface area contributed by atoms with Gasteiger partial charge in [0.05, 0.1) is 11.3 Å². The van der Waals surface area contributed by atoms with E-state index in [9.17, 15) is 9.90 Å². The molecule has 3 rings (SSSR count). The van der Waals surface area contributed by atoms with Crippen LogP contribution < -0.4 is 0 Å². The Morgan fingerprint density at radius 2 is 1.96 bits per heavy atom. The largest absolute Gasteiger partial charge is 0.478 e. The van der Waals surface area contributed by atoms with Gasteiger partial charge in [0.25, 0.3) is 0 Å². The summed E-state index contributed by atoms with van der Waals surface area (Å²) < 4.78 is 1.95. The summed E-state index contributed by atoms with van der Waals surface area (Å²) in [6, 6.07) is 11.0. The minimum absolute atomic E-state index is 0.202. The summed E-state index contributed by atoms with van der Waals surface area (Å²) in [6.45, 7) is 4.86. The summed E-state index contributed by atoms with van der Waals surface area (Å²) >= 11 is 0. The lowest BCUT2D eigenvalue weighted by Gasteiger charge is -2.07. The molecule has 0 atom stereocenters. The van der Waals surface area contributed by atoms with Gasteiger partial charge in [0.2, 0.25) is 0 Å². The van der Waals surface area contributed by atoms with Gasteiger partial charge in [0.15, 0.2) is 0 Å². The van der Waals surface area contributed by atoms with Crippen LogP contribution in [-0.4, -0.2) is 30.8 Å². The third-order valence-corrected chi connectivity index (χ3v) is 3.92. The second-order valence-corrected chi connectivity index (χ2v) is 5.88. The van der Waals surface area contributed by atoms with Crippen molar-refractivity contribution in [2.24, 2.45) is 0 Å². The zero-order valence-corrected chi connectivity index (χ0v) is 14.3. The topological polar surface area (TPSA) is 80.9 Å². The molecular weight excluding hydrogens is 316 g/mol. The van der Waals surface area contributed by atoms with Crippen molar-refractivity contribution in [3.8, 4) is 11.3 Å². The fourth-order valence-electron chi connectivity index (χ4n) is 2.79. The molecule has 0 aliphatic carbocycles. The Morgan fingerprint density at radius 1 is 1.20 bits per heavy atom. The Bertz CT molecular complexity index is 885. The Morgan fingerprint density at radius 3 is 2.64 bits per heavy atom. The quantitative estimate of drug-likeness (QED) is 0.746. The number of benzene rings is 1. The van der Waals surface area contributed by atoms with Gasteiger partial charge in [-0.1, -0.05) is 31.2 Å². The number of hydrogen-bond donors (Lipinski definition) is 1. The molecule has 0 fully saturated rings. The van der Waals surface area contributed by atoms with E-state index in [0.717, 1.165) is 35.7 Å². The molecule has 0 bridgehead atoms. The zero-order chi connectivity index (χ0) is 17.8. The van der Waals surface area contributed by atoms with Crippen LogP contribution in [0.2, 0.25) is 0 Å². The number of carbonyl (C=O) groups is 1. The van der Waals surface area contributed by atoms with Gasteiger partial charge in [-0.25, -0.2) is 14.5 Å². The lowest BCUT2D eigenvalue weighted by atomic mass is 10.0. The van der Waals surface area contributed by atoms with Crippen LogP contribution in [0, 0.1) is 6.92 Å². The van der Waals surface area contributed by atoms with Gasteiger partial charge in [-0.3, -0.25) is 4.98 Å². The van der Waals surface area contributed by atoms with E-state index in [-0.39, 0.29) is 5.56 Å². The van der Waals surface area contributed by atoms with Crippen molar-refractivity contribution in [3.05, 3.63) is 65.4 Å². The van der Waals surface area contributed by atoms with Crippen molar-refractivity contribution >= 4 is 5.97 Å². The predicted octanol–water partition coefficient (Wildman–Crippen LogP) is 3.35. The fourth-order valence-corrected chi connectivity index (χ4v) is 2.79. The van der Waals surface area contributed by atoms with E-state index in [2.05, 4.69) is 22.0 Å². The van der Waals surface area contributed by atoms with E-state index in [0.29, 0.717) is 12.1 Å². The normalized spacial score (nSPS) is 10.8. The molecule has 0 unspecified atom stereocenters. The number of aromatic nitrogens is 4. The molecule has 0 amide bonds. The molecule has 6 heteroatoms. The van der Waals surface area contributed by atoms with Crippen LogP contribution in [0.5, 0.6) is 0 Å². The number of pyridine rings is 1. The van der Waals surface area contributed by atoms with E-state index in [1.807, 2.05) is 35.9 Å². The SMILES string of the molecule is CCCn1nc(C)nc1Cc1ccc(-c2ncccc2C(=O)O)cc1. The monoisotopic (exact) mass is 336 g/mol. The Labute approximate surface area is 146 Å². The van der Waals surface area contributed by atoms with Gasteiger partial charge in [-0.2, -0.15) is 5.10 Å². The highest BCUT2D eigenvalue weighted by molar-refractivity contribution is 5.94. The smallest absolute Gasteiger partial charge is 0.337 e. The predicted molar refractivity (Wildman–Crippen MR) is 94.5 cm³/mol. The average Bonchev–Trinajstić information content (AvgIpc) is 2.95. The first-order valence-corrected chi connectivity index (χ1v) is 8.26. The van der Waals surface area contributed by atoms with Gasteiger partial charge in [-0.15, -0.1) is 0 Å². The van der Waals surface area contributed by atoms with E-state index in [1.54, 1.807) is 18.3 Å². The standard InChI is InChI=1S/C19H20N4O2/c1-3-11-23-17(21-13(2)22-23)12-14-6-8-15(9-7-14)18-16(19(24)25)5-4-10-20-18/h4-10H,3,11-12H2,1-2H3,(H,24,25). The maximum Gasteiger partial charge on any atom is 0.337 e. The number of rotatable bonds is 6. The second-order valence-electron chi connectivity index (χ2n) is 5.88. The molecule has 0 radical (unpaired) electrons. The Kier molecular flexibility index (Phi) is 4.88.